The van der Waals surface area contributed by atoms with E-state index < -0.39 is 0 Å². The summed E-state index contributed by atoms with van der Waals surface area (Å²) in [7, 11) is 1.70. The number of allylic oxidation sites excluding steroid dienone is 1. The van der Waals surface area contributed by atoms with E-state index in [0.717, 1.165) is 24.5 Å². The largest absolute Gasteiger partial charge is 0.497 e. The average molecular weight is 262 g/mol. The Morgan fingerprint density at radius 1 is 1.16 bits per heavy atom. The molecule has 104 valence electrons. The topological polar surface area (TPSA) is 9.23 Å². The van der Waals surface area contributed by atoms with Crippen molar-refractivity contribution in [1.82, 2.24) is 0 Å². The van der Waals surface area contributed by atoms with Gasteiger partial charge < -0.3 is 4.74 Å². The highest BCUT2D eigenvalue weighted by atomic mass is 19.1. The maximum Gasteiger partial charge on any atom is 0.118 e. The highest BCUT2D eigenvalue weighted by molar-refractivity contribution is 5.29. The molecule has 0 spiro atoms. The molecule has 0 unspecified atom stereocenters. The van der Waals surface area contributed by atoms with Crippen LogP contribution in [0.5, 0.6) is 5.75 Å². The fourth-order valence-electron chi connectivity index (χ4n) is 3.06. The zero-order valence-corrected chi connectivity index (χ0v) is 11.6. The van der Waals surface area contributed by atoms with Crippen molar-refractivity contribution in [2.45, 2.75) is 44.4 Å². The van der Waals surface area contributed by atoms with Crippen molar-refractivity contribution in [2.24, 2.45) is 5.92 Å². The predicted molar refractivity (Wildman–Crippen MR) is 77.2 cm³/mol. The molecular formula is C17H23FO. The smallest absolute Gasteiger partial charge is 0.118 e. The Kier molecular flexibility index (Phi) is 5.44. The summed E-state index contributed by atoms with van der Waals surface area (Å²) in [5, 5.41) is 0. The van der Waals surface area contributed by atoms with Gasteiger partial charge in [0.25, 0.3) is 0 Å². The van der Waals surface area contributed by atoms with Crippen molar-refractivity contribution in [3.63, 3.8) is 0 Å². The van der Waals surface area contributed by atoms with Gasteiger partial charge in [-0.1, -0.05) is 18.2 Å². The van der Waals surface area contributed by atoms with Crippen molar-refractivity contribution in [3.05, 3.63) is 42.2 Å². The number of hydrogen-bond acceptors (Lipinski definition) is 1. The fourth-order valence-corrected chi connectivity index (χ4v) is 3.06. The van der Waals surface area contributed by atoms with E-state index >= 15 is 0 Å². The molecule has 0 bridgehead atoms. The SMILES string of the molecule is COc1ccc([C@H]2CC[C@H](CC/C=C/F)CC2)cc1. The Labute approximate surface area is 115 Å². The first-order valence-corrected chi connectivity index (χ1v) is 7.22. The van der Waals surface area contributed by atoms with Crippen LogP contribution in [0.4, 0.5) is 4.39 Å². The molecule has 0 heterocycles. The molecule has 1 aliphatic carbocycles. The quantitative estimate of drug-likeness (QED) is 0.705. The van der Waals surface area contributed by atoms with Crippen LogP contribution in [0.1, 0.15) is 50.0 Å². The van der Waals surface area contributed by atoms with Gasteiger partial charge in [-0.2, -0.15) is 0 Å². The van der Waals surface area contributed by atoms with Crippen molar-refractivity contribution in [3.8, 4) is 5.75 Å². The highest BCUT2D eigenvalue weighted by Gasteiger charge is 2.21. The lowest BCUT2D eigenvalue weighted by Gasteiger charge is -2.28. The molecule has 2 rings (SSSR count). The minimum Gasteiger partial charge on any atom is -0.497 e. The summed E-state index contributed by atoms with van der Waals surface area (Å²) in [6.45, 7) is 0. The van der Waals surface area contributed by atoms with Gasteiger partial charge in [0.1, 0.15) is 5.75 Å². The van der Waals surface area contributed by atoms with Crippen LogP contribution in [0.2, 0.25) is 0 Å². The molecule has 1 nitrogen and oxygen atoms in total. The van der Waals surface area contributed by atoms with Crippen LogP contribution in [-0.4, -0.2) is 7.11 Å². The van der Waals surface area contributed by atoms with E-state index in [0.29, 0.717) is 12.2 Å². The summed E-state index contributed by atoms with van der Waals surface area (Å²) in [6.07, 6.45) is 9.39. The van der Waals surface area contributed by atoms with Gasteiger partial charge in [-0.15, -0.1) is 0 Å². The lowest BCUT2D eigenvalue weighted by atomic mass is 9.77. The van der Waals surface area contributed by atoms with Gasteiger partial charge in [-0.25, -0.2) is 4.39 Å². The lowest BCUT2D eigenvalue weighted by molar-refractivity contribution is 0.311. The van der Waals surface area contributed by atoms with E-state index in [-0.39, 0.29) is 0 Å². The van der Waals surface area contributed by atoms with Crippen LogP contribution in [0.3, 0.4) is 0 Å². The first-order valence-electron chi connectivity index (χ1n) is 7.22. The number of hydrogen-bond donors (Lipinski definition) is 0. The Balaban J connectivity index is 1.81. The molecular weight excluding hydrogens is 239 g/mol. The van der Waals surface area contributed by atoms with Gasteiger partial charge in [-0.3, -0.25) is 0 Å². The summed E-state index contributed by atoms with van der Waals surface area (Å²) in [6, 6.07) is 8.48. The van der Waals surface area contributed by atoms with Crippen LogP contribution in [0.15, 0.2) is 36.7 Å². The summed E-state index contributed by atoms with van der Waals surface area (Å²) in [5.41, 5.74) is 1.43. The van der Waals surface area contributed by atoms with Gasteiger partial charge in [0, 0.05) is 0 Å². The Morgan fingerprint density at radius 3 is 2.42 bits per heavy atom. The highest BCUT2D eigenvalue weighted by Crippen LogP contribution is 2.37. The van der Waals surface area contributed by atoms with Gasteiger partial charge in [0.15, 0.2) is 0 Å². The maximum absolute atomic E-state index is 11.9. The van der Waals surface area contributed by atoms with Gasteiger partial charge in [0.05, 0.1) is 13.4 Å². The molecule has 1 aromatic carbocycles. The molecule has 1 aromatic rings. The normalized spacial score (nSPS) is 23.7. The molecule has 0 saturated heterocycles. The number of methoxy groups -OCH3 is 1. The second kappa shape index (κ2) is 7.32. The van der Waals surface area contributed by atoms with E-state index in [4.69, 9.17) is 4.74 Å². The standard InChI is InChI=1S/C17H23FO/c1-19-17-11-9-16(10-12-17)15-7-5-14(6-8-15)4-2-3-13-18/h3,9-15H,2,4-8H2,1H3/b13-3+/t14-,15-. The molecule has 0 atom stereocenters. The second-order valence-electron chi connectivity index (χ2n) is 5.43. The molecule has 0 radical (unpaired) electrons. The predicted octanol–water partition coefficient (Wildman–Crippen LogP) is 5.23. The number of rotatable bonds is 5. The van der Waals surface area contributed by atoms with E-state index in [1.807, 2.05) is 12.1 Å². The number of benzene rings is 1. The Bertz CT molecular complexity index is 388. The number of ether oxygens (including phenoxy) is 1. The summed E-state index contributed by atoms with van der Waals surface area (Å²) < 4.78 is 17.1. The maximum atomic E-state index is 11.9. The van der Waals surface area contributed by atoms with Gasteiger partial charge in [0.2, 0.25) is 0 Å². The van der Waals surface area contributed by atoms with E-state index in [9.17, 15) is 4.39 Å². The van der Waals surface area contributed by atoms with E-state index in [1.165, 1.54) is 31.2 Å². The molecule has 0 aromatic heterocycles. The van der Waals surface area contributed by atoms with Crippen molar-refractivity contribution >= 4 is 0 Å². The minimum absolute atomic E-state index is 0.670. The second-order valence-corrected chi connectivity index (χ2v) is 5.43. The van der Waals surface area contributed by atoms with Gasteiger partial charge >= 0.3 is 0 Å². The van der Waals surface area contributed by atoms with Crippen LogP contribution in [0.25, 0.3) is 0 Å². The average Bonchev–Trinajstić information content (AvgIpc) is 2.48. The minimum atomic E-state index is 0.670. The molecule has 0 aliphatic heterocycles. The van der Waals surface area contributed by atoms with Crippen molar-refractivity contribution in [1.29, 1.82) is 0 Å². The molecule has 2 heteroatoms. The lowest BCUT2D eigenvalue weighted by Crippen LogP contribution is -2.13. The Hall–Kier alpha value is -1.31. The van der Waals surface area contributed by atoms with Gasteiger partial charge in [-0.05, 0) is 68.1 Å². The zero-order valence-electron chi connectivity index (χ0n) is 11.6. The summed E-state index contributed by atoms with van der Waals surface area (Å²) in [5.74, 6) is 2.40. The van der Waals surface area contributed by atoms with E-state index in [2.05, 4.69) is 12.1 Å². The Morgan fingerprint density at radius 2 is 1.84 bits per heavy atom. The molecule has 1 aliphatic rings. The molecule has 19 heavy (non-hydrogen) atoms. The third kappa shape index (κ3) is 4.09. The monoisotopic (exact) mass is 262 g/mol. The van der Waals surface area contributed by atoms with Crippen LogP contribution >= 0.6 is 0 Å². The molecule has 0 amide bonds. The summed E-state index contributed by atoms with van der Waals surface area (Å²) >= 11 is 0. The van der Waals surface area contributed by atoms with Crippen LogP contribution < -0.4 is 4.74 Å². The van der Waals surface area contributed by atoms with E-state index in [1.54, 1.807) is 13.2 Å². The molecule has 1 saturated carbocycles. The van der Waals surface area contributed by atoms with Crippen molar-refractivity contribution < 1.29 is 9.13 Å². The fraction of sp³-hybridized carbons (Fsp3) is 0.529. The van der Waals surface area contributed by atoms with Crippen LogP contribution in [0, 0.1) is 5.92 Å². The van der Waals surface area contributed by atoms with Crippen molar-refractivity contribution in [2.75, 3.05) is 7.11 Å². The van der Waals surface area contributed by atoms with Crippen LogP contribution in [-0.2, 0) is 0 Å². The number of halogens is 1. The first kappa shape index (κ1) is 14.1. The third-order valence-corrected chi connectivity index (χ3v) is 4.26. The summed E-state index contributed by atoms with van der Waals surface area (Å²) in [4.78, 5) is 0. The third-order valence-electron chi connectivity index (χ3n) is 4.26. The molecule has 0 N–H and O–H groups in total. The zero-order chi connectivity index (χ0) is 13.5. The molecule has 1 fully saturated rings. The first-order chi connectivity index (χ1) is 9.33.